The summed E-state index contributed by atoms with van der Waals surface area (Å²) in [4.78, 5) is 53.3. The van der Waals surface area contributed by atoms with E-state index in [1.807, 2.05) is 70.5 Å². The Morgan fingerprint density at radius 3 is 1.76 bits per heavy atom. The SMILES string of the molecule is COC(=O)CCNC(=O)C(CN(CCN)CCNC(=O)OCc1ccccc1)N(CCN)CCNC(=O)OCc1ccccc1. The van der Waals surface area contributed by atoms with Crippen molar-refractivity contribution in [3.8, 4) is 0 Å². The molecule has 0 aliphatic rings. The number of rotatable bonds is 21. The molecule has 14 heteroatoms. The van der Waals surface area contributed by atoms with Gasteiger partial charge in [-0.1, -0.05) is 60.7 Å². The number of ether oxygens (including phenoxy) is 3. The zero-order chi connectivity index (χ0) is 32.7. The van der Waals surface area contributed by atoms with Crippen LogP contribution >= 0.6 is 0 Å². The van der Waals surface area contributed by atoms with E-state index < -0.39 is 24.2 Å². The first-order valence-corrected chi connectivity index (χ1v) is 15.0. The van der Waals surface area contributed by atoms with Gasteiger partial charge in [0.15, 0.2) is 0 Å². The average Bonchev–Trinajstić information content (AvgIpc) is 3.05. The molecule has 1 atom stereocenters. The molecule has 0 spiro atoms. The summed E-state index contributed by atoms with van der Waals surface area (Å²) in [5.41, 5.74) is 13.5. The standard InChI is InChI=1S/C31H47N7O7/c1-43-28(39)12-15-34-29(40)27(38(19-14-33)21-17-36-31(42)45-24-26-10-6-3-7-11-26)22-37(18-13-32)20-16-35-30(41)44-23-25-8-4-2-5-9-25/h2-11,27H,12-24,32-33H2,1H3,(H,34,40)(H,35,41)(H,36,42). The van der Waals surface area contributed by atoms with E-state index >= 15 is 0 Å². The second-order valence-electron chi connectivity index (χ2n) is 10.0. The minimum absolute atomic E-state index is 0.0161. The highest BCUT2D eigenvalue weighted by molar-refractivity contribution is 5.82. The summed E-state index contributed by atoms with van der Waals surface area (Å²) in [7, 11) is 1.28. The van der Waals surface area contributed by atoms with Crippen molar-refractivity contribution in [2.45, 2.75) is 25.7 Å². The molecule has 7 N–H and O–H groups in total. The lowest BCUT2D eigenvalue weighted by atomic mass is 10.2. The van der Waals surface area contributed by atoms with Gasteiger partial charge in [-0.2, -0.15) is 0 Å². The van der Waals surface area contributed by atoms with E-state index in [9.17, 15) is 19.2 Å². The average molecular weight is 630 g/mol. The summed E-state index contributed by atoms with van der Waals surface area (Å²) in [6.07, 6.45) is -1.12. The number of alkyl carbamates (subject to hydrolysis) is 2. The van der Waals surface area contributed by atoms with E-state index in [-0.39, 0.29) is 58.3 Å². The van der Waals surface area contributed by atoms with Crippen LogP contribution in [0.15, 0.2) is 60.7 Å². The van der Waals surface area contributed by atoms with Crippen molar-refractivity contribution in [2.24, 2.45) is 11.5 Å². The number of hydrogen-bond acceptors (Lipinski definition) is 11. The molecule has 2 rings (SSSR count). The van der Waals surface area contributed by atoms with Gasteiger partial charge in [0.05, 0.1) is 13.5 Å². The number of methoxy groups -OCH3 is 1. The van der Waals surface area contributed by atoms with Gasteiger partial charge < -0.3 is 41.6 Å². The van der Waals surface area contributed by atoms with Gasteiger partial charge >= 0.3 is 18.2 Å². The van der Waals surface area contributed by atoms with Crippen LogP contribution in [0.3, 0.4) is 0 Å². The van der Waals surface area contributed by atoms with Gasteiger partial charge in [0.1, 0.15) is 19.3 Å². The summed E-state index contributed by atoms with van der Waals surface area (Å²) >= 11 is 0. The first-order valence-electron chi connectivity index (χ1n) is 15.0. The number of carbonyl (C=O) groups excluding carboxylic acids is 4. The third kappa shape index (κ3) is 15.9. The molecule has 0 fully saturated rings. The lowest BCUT2D eigenvalue weighted by molar-refractivity contribution is -0.140. The Kier molecular flexibility index (Phi) is 18.3. The van der Waals surface area contributed by atoms with E-state index in [1.165, 1.54) is 7.11 Å². The lowest BCUT2D eigenvalue weighted by Crippen LogP contribution is -2.56. The summed E-state index contributed by atoms with van der Waals surface area (Å²) in [5, 5.41) is 8.25. The largest absolute Gasteiger partial charge is 0.469 e. The minimum Gasteiger partial charge on any atom is -0.469 e. The molecule has 45 heavy (non-hydrogen) atoms. The molecule has 0 radical (unpaired) electrons. The molecule has 0 saturated heterocycles. The predicted octanol–water partition coefficient (Wildman–Crippen LogP) is 0.409. The number of benzene rings is 2. The maximum absolute atomic E-state index is 13.4. The molecule has 2 aromatic rings. The first kappa shape index (κ1) is 36.9. The molecule has 0 aliphatic heterocycles. The highest BCUT2D eigenvalue weighted by Gasteiger charge is 2.28. The molecule has 248 valence electrons. The molecule has 0 bridgehead atoms. The Morgan fingerprint density at radius 1 is 0.711 bits per heavy atom. The summed E-state index contributed by atoms with van der Waals surface area (Å²) < 4.78 is 15.2. The number of esters is 1. The summed E-state index contributed by atoms with van der Waals surface area (Å²) in [5.74, 6) is -0.768. The molecular formula is C31H47N7O7. The molecule has 0 aliphatic carbocycles. The molecular weight excluding hydrogens is 582 g/mol. The quantitative estimate of drug-likeness (QED) is 0.0950. The fourth-order valence-electron chi connectivity index (χ4n) is 4.35. The third-order valence-corrected chi connectivity index (χ3v) is 6.68. The lowest BCUT2D eigenvalue weighted by Gasteiger charge is -2.34. The number of amides is 3. The number of nitrogens with two attached hydrogens (primary N) is 2. The second kappa shape index (κ2) is 22.3. The highest BCUT2D eigenvalue weighted by Crippen LogP contribution is 2.05. The maximum atomic E-state index is 13.4. The summed E-state index contributed by atoms with van der Waals surface area (Å²) in [6.45, 7) is 3.16. The molecule has 0 saturated carbocycles. The fraction of sp³-hybridized carbons (Fsp3) is 0.484. The topological polar surface area (TPSA) is 191 Å². The fourth-order valence-corrected chi connectivity index (χ4v) is 4.35. The van der Waals surface area contributed by atoms with Crippen molar-refractivity contribution in [3.63, 3.8) is 0 Å². The monoisotopic (exact) mass is 629 g/mol. The molecule has 14 nitrogen and oxygen atoms in total. The van der Waals surface area contributed by atoms with Crippen molar-refractivity contribution in [3.05, 3.63) is 71.8 Å². The van der Waals surface area contributed by atoms with E-state index in [1.54, 1.807) is 0 Å². The third-order valence-electron chi connectivity index (χ3n) is 6.68. The van der Waals surface area contributed by atoms with Crippen LogP contribution in [-0.4, -0.2) is 112 Å². The second-order valence-corrected chi connectivity index (χ2v) is 10.0. The van der Waals surface area contributed by atoms with Crippen LogP contribution in [0, 0.1) is 0 Å². The molecule has 3 amide bonds. The number of nitrogens with one attached hydrogen (secondary N) is 3. The Bertz CT molecular complexity index is 1140. The number of hydrogen-bond donors (Lipinski definition) is 5. The maximum Gasteiger partial charge on any atom is 0.407 e. The number of nitrogens with zero attached hydrogens (tertiary/aromatic N) is 2. The Hall–Kier alpha value is -4.24. The normalized spacial score (nSPS) is 11.5. The molecule has 0 heterocycles. The van der Waals surface area contributed by atoms with Crippen LogP contribution in [0.25, 0.3) is 0 Å². The van der Waals surface area contributed by atoms with Gasteiger partial charge in [0, 0.05) is 65.4 Å². The van der Waals surface area contributed by atoms with Gasteiger partial charge in [-0.25, -0.2) is 9.59 Å². The van der Waals surface area contributed by atoms with Gasteiger partial charge in [-0.3, -0.25) is 19.4 Å². The van der Waals surface area contributed by atoms with Crippen LogP contribution in [0.2, 0.25) is 0 Å². The van der Waals surface area contributed by atoms with Gasteiger partial charge in [-0.05, 0) is 11.1 Å². The Labute approximate surface area is 264 Å². The van der Waals surface area contributed by atoms with Crippen molar-refractivity contribution >= 4 is 24.1 Å². The van der Waals surface area contributed by atoms with Crippen LogP contribution in [-0.2, 0) is 37.0 Å². The molecule has 1 unspecified atom stereocenters. The molecule has 2 aromatic carbocycles. The first-order chi connectivity index (χ1) is 21.9. The summed E-state index contributed by atoms with van der Waals surface area (Å²) in [6, 6.07) is 18.0. The predicted molar refractivity (Wildman–Crippen MR) is 169 cm³/mol. The van der Waals surface area contributed by atoms with Crippen molar-refractivity contribution in [1.29, 1.82) is 0 Å². The van der Waals surface area contributed by atoms with Gasteiger partial charge in [-0.15, -0.1) is 0 Å². The van der Waals surface area contributed by atoms with Crippen molar-refractivity contribution < 1.29 is 33.4 Å². The zero-order valence-corrected chi connectivity index (χ0v) is 26.0. The van der Waals surface area contributed by atoms with E-state index in [0.717, 1.165) is 11.1 Å². The van der Waals surface area contributed by atoms with Crippen LogP contribution in [0.1, 0.15) is 17.5 Å². The Morgan fingerprint density at radius 2 is 1.24 bits per heavy atom. The van der Waals surface area contributed by atoms with Crippen LogP contribution < -0.4 is 27.4 Å². The van der Waals surface area contributed by atoms with Crippen molar-refractivity contribution in [2.75, 3.05) is 72.6 Å². The van der Waals surface area contributed by atoms with Crippen LogP contribution in [0.5, 0.6) is 0 Å². The smallest absolute Gasteiger partial charge is 0.407 e. The zero-order valence-electron chi connectivity index (χ0n) is 26.0. The van der Waals surface area contributed by atoms with Crippen LogP contribution in [0.4, 0.5) is 9.59 Å². The highest BCUT2D eigenvalue weighted by atomic mass is 16.6. The van der Waals surface area contributed by atoms with Gasteiger partial charge in [0.2, 0.25) is 5.91 Å². The molecule has 0 aromatic heterocycles. The van der Waals surface area contributed by atoms with E-state index in [2.05, 4.69) is 20.7 Å². The number of carbonyl (C=O) groups is 4. The van der Waals surface area contributed by atoms with Gasteiger partial charge in [0.25, 0.3) is 0 Å². The Balaban J connectivity index is 1.98. The van der Waals surface area contributed by atoms with E-state index in [0.29, 0.717) is 32.7 Å². The van der Waals surface area contributed by atoms with Crippen molar-refractivity contribution in [1.82, 2.24) is 25.8 Å². The minimum atomic E-state index is -0.704. The van der Waals surface area contributed by atoms with E-state index in [4.69, 9.17) is 20.9 Å².